The number of esters is 1. The van der Waals surface area contributed by atoms with Gasteiger partial charge in [-0.1, -0.05) is 17.5 Å². The molecule has 1 rings (SSSR count). The standard InChI is InChI=1S/C10H9ClN2O2/c1-2-15-10(14)4-3-7-6-13-9(12)5-8(7)11/h5-6H,2H2,1H3,(H2,12,13). The summed E-state index contributed by atoms with van der Waals surface area (Å²) in [5.41, 5.74) is 5.84. The lowest BCUT2D eigenvalue weighted by atomic mass is 10.3. The third-order valence-electron chi connectivity index (χ3n) is 1.45. The van der Waals surface area contributed by atoms with Crippen molar-refractivity contribution in [3.8, 4) is 11.8 Å². The van der Waals surface area contributed by atoms with Gasteiger partial charge in [-0.25, -0.2) is 9.78 Å². The molecule has 0 radical (unpaired) electrons. The molecule has 0 fully saturated rings. The summed E-state index contributed by atoms with van der Waals surface area (Å²) in [7, 11) is 0. The van der Waals surface area contributed by atoms with E-state index in [2.05, 4.69) is 21.6 Å². The second-order valence-electron chi connectivity index (χ2n) is 2.56. The molecule has 0 saturated heterocycles. The van der Waals surface area contributed by atoms with E-state index in [9.17, 15) is 4.79 Å². The number of nitrogen functional groups attached to an aromatic ring is 1. The Morgan fingerprint density at radius 3 is 3.07 bits per heavy atom. The highest BCUT2D eigenvalue weighted by molar-refractivity contribution is 6.32. The molecule has 78 valence electrons. The number of ether oxygens (including phenoxy) is 1. The van der Waals surface area contributed by atoms with E-state index in [0.717, 1.165) is 0 Å². The van der Waals surface area contributed by atoms with E-state index in [0.29, 0.717) is 23.0 Å². The predicted octanol–water partition coefficient (Wildman–Crippen LogP) is 1.23. The third-order valence-corrected chi connectivity index (χ3v) is 1.76. The molecule has 0 aliphatic heterocycles. The molecule has 1 aromatic rings. The summed E-state index contributed by atoms with van der Waals surface area (Å²) >= 11 is 5.82. The molecule has 5 heteroatoms. The molecule has 15 heavy (non-hydrogen) atoms. The van der Waals surface area contributed by atoms with Crippen molar-refractivity contribution in [1.29, 1.82) is 0 Å². The van der Waals surface area contributed by atoms with E-state index >= 15 is 0 Å². The Bertz CT molecular complexity index is 435. The van der Waals surface area contributed by atoms with Gasteiger partial charge in [0.1, 0.15) is 5.82 Å². The number of halogens is 1. The van der Waals surface area contributed by atoms with Crippen LogP contribution in [0.3, 0.4) is 0 Å². The van der Waals surface area contributed by atoms with Crippen LogP contribution in [0.2, 0.25) is 5.02 Å². The molecule has 2 N–H and O–H groups in total. The number of nitrogens with zero attached hydrogens (tertiary/aromatic N) is 1. The van der Waals surface area contributed by atoms with Crippen LogP contribution < -0.4 is 5.73 Å². The zero-order chi connectivity index (χ0) is 11.3. The van der Waals surface area contributed by atoms with Gasteiger partial charge in [-0.2, -0.15) is 0 Å². The minimum atomic E-state index is -0.592. The van der Waals surface area contributed by atoms with Crippen LogP contribution in [0.15, 0.2) is 12.3 Å². The van der Waals surface area contributed by atoms with Gasteiger partial charge in [-0.05, 0) is 6.92 Å². The van der Waals surface area contributed by atoms with Crippen LogP contribution in [0.4, 0.5) is 5.82 Å². The molecular weight excluding hydrogens is 216 g/mol. The van der Waals surface area contributed by atoms with Gasteiger partial charge in [-0.15, -0.1) is 0 Å². The van der Waals surface area contributed by atoms with Crippen molar-refractivity contribution in [3.63, 3.8) is 0 Å². The lowest BCUT2D eigenvalue weighted by molar-refractivity contribution is -0.136. The van der Waals surface area contributed by atoms with Gasteiger partial charge in [0.15, 0.2) is 0 Å². The molecule has 0 aromatic carbocycles. The van der Waals surface area contributed by atoms with E-state index in [1.165, 1.54) is 12.3 Å². The molecule has 1 aromatic heterocycles. The maximum Gasteiger partial charge on any atom is 0.384 e. The van der Waals surface area contributed by atoms with Gasteiger partial charge < -0.3 is 10.5 Å². The van der Waals surface area contributed by atoms with Crippen molar-refractivity contribution in [2.75, 3.05) is 12.3 Å². The monoisotopic (exact) mass is 224 g/mol. The van der Waals surface area contributed by atoms with E-state index in [4.69, 9.17) is 17.3 Å². The fourth-order valence-electron chi connectivity index (χ4n) is 0.823. The summed E-state index contributed by atoms with van der Waals surface area (Å²) in [6.07, 6.45) is 1.41. The predicted molar refractivity (Wildman–Crippen MR) is 57.2 cm³/mol. The summed E-state index contributed by atoms with van der Waals surface area (Å²) < 4.78 is 4.63. The number of rotatable bonds is 1. The molecular formula is C10H9ClN2O2. The zero-order valence-electron chi connectivity index (χ0n) is 8.08. The molecule has 0 aliphatic rings. The molecule has 4 nitrogen and oxygen atoms in total. The van der Waals surface area contributed by atoms with Crippen molar-refractivity contribution in [1.82, 2.24) is 4.98 Å². The summed E-state index contributed by atoms with van der Waals surface area (Å²) in [6.45, 7) is 2.00. The minimum Gasteiger partial charge on any atom is -0.456 e. The third kappa shape index (κ3) is 3.49. The molecule has 0 saturated carbocycles. The van der Waals surface area contributed by atoms with E-state index < -0.39 is 5.97 Å². The van der Waals surface area contributed by atoms with Crippen LogP contribution in [-0.4, -0.2) is 17.6 Å². The maximum atomic E-state index is 10.9. The van der Waals surface area contributed by atoms with Gasteiger partial charge in [-0.3, -0.25) is 0 Å². The first-order valence-electron chi connectivity index (χ1n) is 4.23. The fourth-order valence-corrected chi connectivity index (χ4v) is 1.03. The van der Waals surface area contributed by atoms with Crippen molar-refractivity contribution in [2.24, 2.45) is 0 Å². The minimum absolute atomic E-state index is 0.293. The van der Waals surface area contributed by atoms with E-state index in [1.807, 2.05) is 0 Å². The Kier molecular flexibility index (Phi) is 3.95. The highest BCUT2D eigenvalue weighted by Crippen LogP contribution is 2.15. The first kappa shape index (κ1) is 11.3. The largest absolute Gasteiger partial charge is 0.456 e. The first-order chi connectivity index (χ1) is 7.13. The topological polar surface area (TPSA) is 65.2 Å². The normalized spacial score (nSPS) is 8.93. The first-order valence-corrected chi connectivity index (χ1v) is 4.61. The number of hydrogen-bond donors (Lipinski definition) is 1. The van der Waals surface area contributed by atoms with Crippen LogP contribution in [0.25, 0.3) is 0 Å². The molecule has 0 spiro atoms. The molecule has 0 bridgehead atoms. The van der Waals surface area contributed by atoms with Crippen LogP contribution in [0.1, 0.15) is 12.5 Å². The average Bonchev–Trinajstić information content (AvgIpc) is 2.17. The average molecular weight is 225 g/mol. The van der Waals surface area contributed by atoms with Gasteiger partial charge >= 0.3 is 5.97 Å². The van der Waals surface area contributed by atoms with Gasteiger partial charge in [0.2, 0.25) is 0 Å². The lowest BCUT2D eigenvalue weighted by Crippen LogP contribution is -1.99. The number of hydrogen-bond acceptors (Lipinski definition) is 4. The summed E-state index contributed by atoms with van der Waals surface area (Å²) in [5, 5.41) is 0.360. The maximum absolute atomic E-state index is 10.9. The van der Waals surface area contributed by atoms with Crippen LogP contribution >= 0.6 is 11.6 Å². The number of carbonyl (C=O) groups excluding carboxylic acids is 1. The highest BCUT2D eigenvalue weighted by Gasteiger charge is 1.99. The van der Waals surface area contributed by atoms with Crippen molar-refractivity contribution < 1.29 is 9.53 Å². The molecule has 0 unspecified atom stereocenters. The second kappa shape index (κ2) is 5.23. The van der Waals surface area contributed by atoms with E-state index in [-0.39, 0.29) is 0 Å². The van der Waals surface area contributed by atoms with Crippen LogP contribution in [-0.2, 0) is 9.53 Å². The molecule has 0 atom stereocenters. The lowest BCUT2D eigenvalue weighted by Gasteiger charge is -1.96. The summed E-state index contributed by atoms with van der Waals surface area (Å²) in [4.78, 5) is 14.7. The number of anilines is 1. The number of nitrogens with two attached hydrogens (primary N) is 1. The van der Waals surface area contributed by atoms with Crippen molar-refractivity contribution >= 4 is 23.4 Å². The molecule has 0 aliphatic carbocycles. The Morgan fingerprint density at radius 1 is 1.73 bits per heavy atom. The summed E-state index contributed by atoms with van der Waals surface area (Å²) in [5.74, 6) is 4.55. The Morgan fingerprint density at radius 2 is 2.47 bits per heavy atom. The van der Waals surface area contributed by atoms with Crippen LogP contribution in [0, 0.1) is 11.8 Å². The van der Waals surface area contributed by atoms with Crippen molar-refractivity contribution in [3.05, 3.63) is 22.8 Å². The number of pyridine rings is 1. The van der Waals surface area contributed by atoms with Crippen LogP contribution in [0.5, 0.6) is 0 Å². The Balaban J connectivity index is 2.84. The molecule has 0 amide bonds. The smallest absolute Gasteiger partial charge is 0.384 e. The zero-order valence-corrected chi connectivity index (χ0v) is 8.84. The van der Waals surface area contributed by atoms with Gasteiger partial charge in [0.05, 0.1) is 17.2 Å². The highest BCUT2D eigenvalue weighted by atomic mass is 35.5. The van der Waals surface area contributed by atoms with Gasteiger partial charge in [0.25, 0.3) is 0 Å². The number of carbonyl (C=O) groups is 1. The van der Waals surface area contributed by atoms with E-state index in [1.54, 1.807) is 6.92 Å². The quantitative estimate of drug-likeness (QED) is 0.576. The summed E-state index contributed by atoms with van der Waals surface area (Å²) in [6, 6.07) is 1.47. The second-order valence-corrected chi connectivity index (χ2v) is 2.97. The van der Waals surface area contributed by atoms with Crippen molar-refractivity contribution in [2.45, 2.75) is 6.92 Å². The molecule has 1 heterocycles. The Hall–Kier alpha value is -1.73. The Labute approximate surface area is 92.4 Å². The van der Waals surface area contributed by atoms with Gasteiger partial charge in [0, 0.05) is 18.2 Å². The fraction of sp³-hybridized carbons (Fsp3) is 0.200. The number of aromatic nitrogens is 1. The SMILES string of the molecule is CCOC(=O)C#Cc1cnc(N)cc1Cl.